The van der Waals surface area contributed by atoms with Crippen LogP contribution in [0.3, 0.4) is 0 Å². The second kappa shape index (κ2) is 8.86. The van der Waals surface area contributed by atoms with Crippen LogP contribution in [0.4, 0.5) is 0 Å². The Balaban J connectivity index is 1.61. The van der Waals surface area contributed by atoms with Crippen molar-refractivity contribution in [3.05, 3.63) is 23.8 Å². The molecule has 3 unspecified atom stereocenters. The molecular weight excluding hydrogens is 396 g/mol. The van der Waals surface area contributed by atoms with Crippen LogP contribution in [0.5, 0.6) is 0 Å². The highest BCUT2D eigenvalue weighted by molar-refractivity contribution is 5.28. The summed E-state index contributed by atoms with van der Waals surface area (Å²) in [5, 5.41) is 32.9. The molecule has 0 saturated heterocycles. The van der Waals surface area contributed by atoms with E-state index in [1.807, 2.05) is 0 Å². The summed E-state index contributed by atoms with van der Waals surface area (Å²) in [6, 6.07) is 0. The number of aliphatic hydroxyl groups excluding tert-OH is 3. The van der Waals surface area contributed by atoms with E-state index in [1.54, 1.807) is 0 Å². The molecule has 0 aromatic rings. The largest absolute Gasteiger partial charge is 0.393 e. The minimum Gasteiger partial charge on any atom is -0.393 e. The summed E-state index contributed by atoms with van der Waals surface area (Å²) in [5.74, 6) is 2.90. The lowest BCUT2D eigenvalue weighted by atomic mass is 9.46. The SMILES string of the molecule is CC[C@H](C=C[C@@H](C)[C@H]1C(O)C[C@H]2[C@@H]3C(O)C=C4CC(O)CC[C@]4(C)[C@H]3CC[C@]12C)C(C)C. The topological polar surface area (TPSA) is 60.7 Å². The van der Waals surface area contributed by atoms with E-state index >= 15 is 0 Å². The minimum atomic E-state index is -0.444. The van der Waals surface area contributed by atoms with Crippen molar-refractivity contribution in [2.24, 2.45) is 52.3 Å². The lowest BCUT2D eigenvalue weighted by molar-refractivity contribution is -0.0963. The molecule has 0 heterocycles. The Kier molecular flexibility index (Phi) is 6.78. The summed E-state index contributed by atoms with van der Waals surface area (Å²) < 4.78 is 0. The van der Waals surface area contributed by atoms with Crippen LogP contribution in [0.1, 0.15) is 86.5 Å². The van der Waals surface area contributed by atoms with Crippen LogP contribution < -0.4 is 0 Å². The summed E-state index contributed by atoms with van der Waals surface area (Å²) in [6.45, 7) is 14.0. The second-order valence-corrected chi connectivity index (χ2v) is 12.7. The maximum absolute atomic E-state index is 11.3. The monoisotopic (exact) mass is 444 g/mol. The van der Waals surface area contributed by atoms with Crippen molar-refractivity contribution in [2.75, 3.05) is 0 Å². The average molecular weight is 445 g/mol. The summed E-state index contributed by atoms with van der Waals surface area (Å²) in [7, 11) is 0. The van der Waals surface area contributed by atoms with Crippen molar-refractivity contribution in [2.45, 2.75) is 105 Å². The molecule has 0 aromatic heterocycles. The van der Waals surface area contributed by atoms with Crippen LogP contribution in [0.2, 0.25) is 0 Å². The summed E-state index contributed by atoms with van der Waals surface area (Å²) in [6.07, 6.45) is 12.8. The van der Waals surface area contributed by atoms with E-state index in [-0.39, 0.29) is 34.9 Å². The van der Waals surface area contributed by atoms with Gasteiger partial charge in [-0.15, -0.1) is 0 Å². The molecule has 3 saturated carbocycles. The zero-order valence-electron chi connectivity index (χ0n) is 21.3. The molecule has 11 atom stereocenters. The predicted molar refractivity (Wildman–Crippen MR) is 131 cm³/mol. The van der Waals surface area contributed by atoms with Crippen LogP contribution in [-0.2, 0) is 0 Å². The van der Waals surface area contributed by atoms with Gasteiger partial charge in [0.1, 0.15) is 0 Å². The first-order valence-corrected chi connectivity index (χ1v) is 13.5. The van der Waals surface area contributed by atoms with Gasteiger partial charge in [0, 0.05) is 0 Å². The zero-order chi connectivity index (χ0) is 23.4. The Bertz CT molecular complexity index is 741. The molecule has 3 nitrogen and oxygen atoms in total. The van der Waals surface area contributed by atoms with Crippen LogP contribution in [0.25, 0.3) is 0 Å². The number of fused-ring (bicyclic) bond motifs is 5. The molecular formula is C29H48O3. The fourth-order valence-corrected chi connectivity index (χ4v) is 8.90. The van der Waals surface area contributed by atoms with E-state index in [4.69, 9.17) is 0 Å². The summed E-state index contributed by atoms with van der Waals surface area (Å²) in [5.41, 5.74) is 1.46. The molecule has 0 amide bonds. The van der Waals surface area contributed by atoms with Gasteiger partial charge >= 0.3 is 0 Å². The highest BCUT2D eigenvalue weighted by Crippen LogP contribution is 2.67. The molecule has 0 aliphatic heterocycles. The van der Waals surface area contributed by atoms with Gasteiger partial charge in [-0.25, -0.2) is 0 Å². The van der Waals surface area contributed by atoms with Gasteiger partial charge < -0.3 is 15.3 Å². The van der Waals surface area contributed by atoms with Gasteiger partial charge in [0.15, 0.2) is 0 Å². The molecule has 0 radical (unpaired) electrons. The van der Waals surface area contributed by atoms with Crippen molar-refractivity contribution in [3.8, 4) is 0 Å². The third-order valence-electron chi connectivity index (χ3n) is 10.8. The van der Waals surface area contributed by atoms with Crippen LogP contribution in [-0.4, -0.2) is 33.6 Å². The van der Waals surface area contributed by atoms with Gasteiger partial charge in [0.2, 0.25) is 0 Å². The molecule has 4 aliphatic carbocycles. The van der Waals surface area contributed by atoms with Crippen molar-refractivity contribution in [1.29, 1.82) is 0 Å². The van der Waals surface area contributed by atoms with Gasteiger partial charge in [0.05, 0.1) is 18.3 Å². The van der Waals surface area contributed by atoms with E-state index in [0.717, 1.165) is 44.9 Å². The van der Waals surface area contributed by atoms with Gasteiger partial charge in [0.25, 0.3) is 0 Å². The van der Waals surface area contributed by atoms with Crippen molar-refractivity contribution >= 4 is 0 Å². The molecule has 4 rings (SSSR count). The normalized spacial score (nSPS) is 48.2. The molecule has 0 spiro atoms. The summed E-state index contributed by atoms with van der Waals surface area (Å²) >= 11 is 0. The van der Waals surface area contributed by atoms with Gasteiger partial charge in [-0.05, 0) is 97.2 Å². The highest BCUT2D eigenvalue weighted by atomic mass is 16.3. The average Bonchev–Trinajstić information content (AvgIpc) is 2.99. The van der Waals surface area contributed by atoms with Gasteiger partial charge in [-0.3, -0.25) is 0 Å². The third-order valence-corrected chi connectivity index (χ3v) is 10.8. The van der Waals surface area contributed by atoms with Crippen molar-refractivity contribution < 1.29 is 15.3 Å². The Morgan fingerprint density at radius 2 is 1.75 bits per heavy atom. The second-order valence-electron chi connectivity index (χ2n) is 12.7. The Labute approximate surface area is 196 Å². The van der Waals surface area contributed by atoms with Crippen molar-refractivity contribution in [1.82, 2.24) is 0 Å². The molecule has 3 fully saturated rings. The molecule has 0 aromatic carbocycles. The first-order chi connectivity index (χ1) is 15.0. The predicted octanol–water partition coefficient (Wildman–Crippen LogP) is 5.74. The molecule has 3 heteroatoms. The van der Waals surface area contributed by atoms with E-state index < -0.39 is 6.10 Å². The third kappa shape index (κ3) is 3.85. The molecule has 3 N–H and O–H groups in total. The fraction of sp³-hybridized carbons (Fsp3) is 0.862. The van der Waals surface area contributed by atoms with Crippen molar-refractivity contribution in [3.63, 3.8) is 0 Å². The maximum Gasteiger partial charge on any atom is 0.0757 e. The standard InChI is InChI=1S/C29H48O3/c1-7-19(17(2)3)9-8-18(4)27-25(32)16-23-26-22(11-13-29(23,27)6)28(5)12-10-21(30)14-20(28)15-24(26)31/h8-9,15,17-19,21-27,30-32H,7,10-14,16H2,1-6H3/t18-,19-,21?,22+,23+,24?,25?,26-,27+,28+,29+/m1/s1. The molecule has 0 bridgehead atoms. The lowest BCUT2D eigenvalue weighted by Crippen LogP contribution is -2.55. The van der Waals surface area contributed by atoms with E-state index in [0.29, 0.717) is 29.6 Å². The number of allylic oxidation sites excluding steroid dienone is 2. The molecule has 182 valence electrons. The van der Waals surface area contributed by atoms with E-state index in [2.05, 4.69) is 59.8 Å². The lowest BCUT2D eigenvalue weighted by Gasteiger charge is -2.59. The number of aliphatic hydroxyl groups is 3. The van der Waals surface area contributed by atoms with Gasteiger partial charge in [-0.1, -0.05) is 65.3 Å². The summed E-state index contributed by atoms with van der Waals surface area (Å²) in [4.78, 5) is 0. The smallest absolute Gasteiger partial charge is 0.0757 e. The van der Waals surface area contributed by atoms with Crippen LogP contribution in [0.15, 0.2) is 23.8 Å². The molecule has 32 heavy (non-hydrogen) atoms. The maximum atomic E-state index is 11.3. The molecule has 4 aliphatic rings. The Morgan fingerprint density at radius 3 is 2.41 bits per heavy atom. The number of hydrogen-bond acceptors (Lipinski definition) is 3. The quantitative estimate of drug-likeness (QED) is 0.474. The first-order valence-electron chi connectivity index (χ1n) is 13.5. The minimum absolute atomic E-state index is 0.0702. The number of rotatable bonds is 5. The van der Waals surface area contributed by atoms with Crippen LogP contribution >= 0.6 is 0 Å². The van der Waals surface area contributed by atoms with E-state index in [9.17, 15) is 15.3 Å². The highest BCUT2D eigenvalue weighted by Gasteiger charge is 2.63. The fourth-order valence-electron chi connectivity index (χ4n) is 8.90. The van der Waals surface area contributed by atoms with Gasteiger partial charge in [-0.2, -0.15) is 0 Å². The number of hydrogen-bond donors (Lipinski definition) is 3. The van der Waals surface area contributed by atoms with E-state index in [1.165, 1.54) is 5.57 Å². The Hall–Kier alpha value is -0.640. The Morgan fingerprint density at radius 1 is 1.03 bits per heavy atom. The zero-order valence-corrected chi connectivity index (χ0v) is 21.3. The first kappa shape index (κ1) is 24.5. The van der Waals surface area contributed by atoms with Crippen LogP contribution in [0, 0.1) is 52.3 Å².